The molecule has 0 unspecified atom stereocenters. The van der Waals surface area contributed by atoms with Gasteiger partial charge < -0.3 is 38.5 Å². The van der Waals surface area contributed by atoms with Gasteiger partial charge in [-0.25, -0.2) is 9.59 Å². The van der Waals surface area contributed by atoms with Crippen molar-refractivity contribution >= 4 is 34.5 Å². The van der Waals surface area contributed by atoms with Crippen LogP contribution >= 0.6 is 11.6 Å². The molecule has 0 aliphatic heterocycles. The van der Waals surface area contributed by atoms with Crippen molar-refractivity contribution in [1.29, 1.82) is 0 Å². The summed E-state index contributed by atoms with van der Waals surface area (Å²) < 4.78 is 36.0. The molecule has 0 atom stereocenters. The molecule has 0 fully saturated rings. The van der Waals surface area contributed by atoms with E-state index >= 15 is 0 Å². The van der Waals surface area contributed by atoms with Crippen molar-refractivity contribution in [2.24, 2.45) is 5.11 Å². The molecular weight excluding hydrogens is 640 g/mol. The molecule has 0 saturated carbocycles. The Labute approximate surface area is 267 Å². The Balaban J connectivity index is 0.000000674. The number of nitrogens with one attached hydrogen (secondary N) is 1. The number of halogens is 1. The predicted molar refractivity (Wildman–Crippen MR) is 160 cm³/mol. The summed E-state index contributed by atoms with van der Waals surface area (Å²) in [5.41, 5.74) is 6.95. The molecule has 46 heavy (non-hydrogen) atoms. The van der Waals surface area contributed by atoms with Crippen molar-refractivity contribution in [3.05, 3.63) is 79.2 Å². The number of rotatable bonds is 22. The third kappa shape index (κ3) is 21.1. The average molecular weight is 673 g/mol. The van der Waals surface area contributed by atoms with Gasteiger partial charge in [0.1, 0.15) is 11.5 Å². The lowest BCUT2D eigenvalue weighted by Gasteiger charge is -2.08. The van der Waals surface area contributed by atoms with Crippen molar-refractivity contribution in [3.8, 4) is 11.5 Å². The number of nitro groups is 2. The number of nitrogens with zero attached hydrogens (tertiary/aromatic N) is 5. The van der Waals surface area contributed by atoms with Crippen molar-refractivity contribution in [1.82, 2.24) is 5.32 Å². The smallest absolute Gasteiger partial charge is 0.412 e. The largest absolute Gasteiger partial charge is 0.414 e. The number of amides is 1. The van der Waals surface area contributed by atoms with Gasteiger partial charge in [0.25, 0.3) is 11.4 Å². The average Bonchev–Trinajstić information content (AvgIpc) is 3.02. The van der Waals surface area contributed by atoms with E-state index in [0.29, 0.717) is 66.0 Å². The molecule has 2 rings (SSSR count). The second kappa shape index (κ2) is 25.7. The van der Waals surface area contributed by atoms with Crippen LogP contribution in [0.25, 0.3) is 10.4 Å². The molecule has 0 bridgehead atoms. The molecule has 20 heteroatoms. The quantitative estimate of drug-likeness (QED) is 0.0347. The molecule has 0 radical (unpaired) electrons. The van der Waals surface area contributed by atoms with E-state index in [-0.39, 0.29) is 36.0 Å². The maximum absolute atomic E-state index is 11.6. The molecule has 0 spiro atoms. The van der Waals surface area contributed by atoms with Crippen molar-refractivity contribution in [3.63, 3.8) is 0 Å². The number of carbonyl (C=O) groups is 2. The van der Waals surface area contributed by atoms with Gasteiger partial charge in [0.15, 0.2) is 0 Å². The number of nitro benzene ring substituents is 2. The Hall–Kier alpha value is -4.62. The highest BCUT2D eigenvalue weighted by Crippen LogP contribution is 2.18. The number of ether oxygens (including phenoxy) is 7. The Kier molecular flexibility index (Phi) is 22.0. The third-order valence-corrected chi connectivity index (χ3v) is 4.98. The Morgan fingerprint density at radius 2 is 1.09 bits per heavy atom. The van der Waals surface area contributed by atoms with Crippen LogP contribution in [0.2, 0.25) is 0 Å². The molecule has 0 aromatic heterocycles. The van der Waals surface area contributed by atoms with Gasteiger partial charge in [0, 0.05) is 53.9 Å². The molecule has 19 nitrogen and oxygen atoms in total. The van der Waals surface area contributed by atoms with Gasteiger partial charge in [-0.15, -0.1) is 0 Å². The normalized spacial score (nSPS) is 10.1. The molecule has 1 amide bonds. The minimum Gasteiger partial charge on any atom is -0.414 e. The van der Waals surface area contributed by atoms with Gasteiger partial charge in [-0.2, -0.15) is 0 Å². The molecule has 0 heterocycles. The lowest BCUT2D eigenvalue weighted by atomic mass is 10.3. The fourth-order valence-electron chi connectivity index (χ4n) is 2.86. The Bertz CT molecular complexity index is 1230. The van der Waals surface area contributed by atoms with Gasteiger partial charge in [0.05, 0.1) is 75.9 Å². The summed E-state index contributed by atoms with van der Waals surface area (Å²) in [5.74, 6) is 0.375. The second-order valence-corrected chi connectivity index (χ2v) is 8.48. The monoisotopic (exact) mass is 672 g/mol. The van der Waals surface area contributed by atoms with Crippen molar-refractivity contribution in [2.45, 2.75) is 0 Å². The molecule has 0 saturated heterocycles. The maximum Gasteiger partial charge on any atom is 0.412 e. The predicted octanol–water partition coefficient (Wildman–Crippen LogP) is 4.41. The molecule has 1 N–H and O–H groups in total. The minimum atomic E-state index is -0.978. The fourth-order valence-corrected chi connectivity index (χ4v) is 2.95. The summed E-state index contributed by atoms with van der Waals surface area (Å²) in [6.07, 6.45) is -0.678. The zero-order chi connectivity index (χ0) is 33.8. The first-order chi connectivity index (χ1) is 22.2. The summed E-state index contributed by atoms with van der Waals surface area (Å²) in [5, 5.41) is 26.6. The number of hydrogen-bond acceptors (Lipinski definition) is 14. The highest BCUT2D eigenvalue weighted by Gasteiger charge is 2.08. The number of non-ortho nitro benzene ring substituents is 2. The number of azide groups is 1. The highest BCUT2D eigenvalue weighted by atomic mass is 35.5. The summed E-state index contributed by atoms with van der Waals surface area (Å²) in [6, 6.07) is 10.2. The topological polar surface area (TPSA) is 246 Å². The second-order valence-electron chi connectivity index (χ2n) is 8.17. The molecule has 0 aliphatic carbocycles. The first-order valence-electron chi connectivity index (χ1n) is 13.4. The number of benzene rings is 2. The number of hydrogen-bond donors (Lipinski definition) is 1. The Morgan fingerprint density at radius 3 is 1.48 bits per heavy atom. The molecule has 0 aliphatic rings. The lowest BCUT2D eigenvalue weighted by molar-refractivity contribution is -0.385. The van der Waals surface area contributed by atoms with E-state index in [0.717, 1.165) is 0 Å². The van der Waals surface area contributed by atoms with Crippen LogP contribution in [-0.2, 0) is 23.7 Å². The zero-order valence-corrected chi connectivity index (χ0v) is 25.3. The van der Waals surface area contributed by atoms with Crippen molar-refractivity contribution in [2.75, 3.05) is 79.2 Å². The third-order valence-electron chi connectivity index (χ3n) is 4.91. The van der Waals surface area contributed by atoms with Gasteiger partial charge >= 0.3 is 11.5 Å². The van der Waals surface area contributed by atoms with Gasteiger partial charge in [-0.3, -0.25) is 20.2 Å². The van der Waals surface area contributed by atoms with E-state index < -0.39 is 21.4 Å². The zero-order valence-electron chi connectivity index (χ0n) is 24.5. The summed E-state index contributed by atoms with van der Waals surface area (Å²) >= 11 is 4.92. The van der Waals surface area contributed by atoms with E-state index in [1.165, 1.54) is 48.5 Å². The first-order valence-corrected chi connectivity index (χ1v) is 13.8. The molecular formula is C26H33ClN6O13. The highest BCUT2D eigenvalue weighted by molar-refractivity contribution is 6.61. The van der Waals surface area contributed by atoms with Crippen LogP contribution in [0.1, 0.15) is 0 Å². The lowest BCUT2D eigenvalue weighted by Crippen LogP contribution is -2.30. The summed E-state index contributed by atoms with van der Waals surface area (Å²) in [6.45, 7) is 4.58. The van der Waals surface area contributed by atoms with E-state index in [1.54, 1.807) is 0 Å². The van der Waals surface area contributed by atoms with E-state index in [1.807, 2.05) is 0 Å². The maximum atomic E-state index is 11.6. The Morgan fingerprint density at radius 1 is 0.696 bits per heavy atom. The summed E-state index contributed by atoms with van der Waals surface area (Å²) in [7, 11) is 0. The van der Waals surface area contributed by atoms with Crippen LogP contribution in [0.15, 0.2) is 53.6 Å². The molecule has 2 aromatic carbocycles. The van der Waals surface area contributed by atoms with Crippen LogP contribution < -0.4 is 14.8 Å². The van der Waals surface area contributed by atoms with E-state index in [2.05, 4.69) is 20.1 Å². The van der Waals surface area contributed by atoms with Crippen LogP contribution in [0, 0.1) is 20.2 Å². The van der Waals surface area contributed by atoms with E-state index in [4.69, 9.17) is 45.6 Å². The number of carbonyl (C=O) groups excluding carboxylic acids is 2. The van der Waals surface area contributed by atoms with Gasteiger partial charge in [0.2, 0.25) is 0 Å². The fraction of sp³-hybridized carbons (Fsp3) is 0.462. The SMILES string of the molecule is O=C(Cl)Oc1ccc([N+](=O)[O-])cc1.[N-]=[N+]=NCCOCCOCCOCCOCCOCCNC(=O)Oc1ccc([N+](=O)[O-])cc1. The van der Waals surface area contributed by atoms with E-state index in [9.17, 15) is 29.8 Å². The molecule has 2 aromatic rings. The first kappa shape index (κ1) is 39.4. The van der Waals surface area contributed by atoms with Gasteiger partial charge in [-0.1, -0.05) is 5.11 Å². The van der Waals surface area contributed by atoms with Crippen LogP contribution in [0.4, 0.5) is 21.0 Å². The van der Waals surface area contributed by atoms with Crippen LogP contribution in [0.5, 0.6) is 11.5 Å². The standard InChI is InChI=1S/C19H29N5O9.C7H4ClNO4/c20-23-22-6-8-29-10-12-31-14-16-32-15-13-30-11-9-28-7-5-21-19(25)33-18-3-1-17(2-4-18)24(26)27;8-7(10)13-6-3-1-5(2-4-6)9(11)12/h1-4H,5-16H2,(H,21,25);1-4H. The summed E-state index contributed by atoms with van der Waals surface area (Å²) in [4.78, 5) is 44.2. The van der Waals surface area contributed by atoms with Crippen LogP contribution in [0.3, 0.4) is 0 Å². The van der Waals surface area contributed by atoms with Crippen LogP contribution in [-0.4, -0.2) is 101 Å². The minimum absolute atomic E-state index is 0.0747. The molecule has 252 valence electrons. The van der Waals surface area contributed by atoms with Crippen molar-refractivity contribution < 1.29 is 52.6 Å². The van der Waals surface area contributed by atoms with Gasteiger partial charge in [-0.05, 0) is 29.8 Å².